The Morgan fingerprint density at radius 3 is 2.48 bits per heavy atom. The lowest BCUT2D eigenvalue weighted by atomic mass is 10.2. The molecule has 0 fully saturated rings. The summed E-state index contributed by atoms with van der Waals surface area (Å²) in [7, 11) is 1.90. The van der Waals surface area contributed by atoms with Gasteiger partial charge in [0.25, 0.3) is 0 Å². The molecule has 0 aliphatic rings. The van der Waals surface area contributed by atoms with Gasteiger partial charge in [0.05, 0.1) is 10.7 Å². The molecule has 2 rings (SSSR count). The third kappa shape index (κ3) is 4.14. The van der Waals surface area contributed by atoms with E-state index in [4.69, 9.17) is 0 Å². The first-order chi connectivity index (χ1) is 10.1. The quantitative estimate of drug-likeness (QED) is 0.822. The molecule has 0 radical (unpaired) electrons. The molecule has 2 N–H and O–H groups in total. The van der Waals surface area contributed by atoms with Crippen LogP contribution in [0.15, 0.2) is 5.38 Å². The van der Waals surface area contributed by atoms with Gasteiger partial charge in [-0.2, -0.15) is 0 Å². The summed E-state index contributed by atoms with van der Waals surface area (Å²) in [6.45, 7) is 7.04. The first-order valence-electron chi connectivity index (χ1n) is 7.34. The van der Waals surface area contributed by atoms with Crippen molar-refractivity contribution in [2.24, 2.45) is 0 Å². The number of anilines is 2. The third-order valence-electron chi connectivity index (χ3n) is 3.24. The Morgan fingerprint density at radius 2 is 1.86 bits per heavy atom. The Labute approximate surface area is 130 Å². The molecule has 0 saturated heterocycles. The number of aromatic nitrogens is 3. The van der Waals surface area contributed by atoms with E-state index in [1.54, 1.807) is 11.3 Å². The molecule has 0 unspecified atom stereocenters. The van der Waals surface area contributed by atoms with Crippen LogP contribution in [0.5, 0.6) is 0 Å². The van der Waals surface area contributed by atoms with Crippen LogP contribution in [0.25, 0.3) is 0 Å². The lowest BCUT2D eigenvalue weighted by molar-refractivity contribution is 0.830. The minimum atomic E-state index is 0.829. The SMILES string of the molecule is CCCc1nc(NC)c(C)c(NCCc2csc(C)n2)n1. The predicted molar refractivity (Wildman–Crippen MR) is 89.4 cm³/mol. The van der Waals surface area contributed by atoms with Gasteiger partial charge in [-0.25, -0.2) is 15.0 Å². The van der Waals surface area contributed by atoms with Crippen LogP contribution in [0.4, 0.5) is 11.6 Å². The van der Waals surface area contributed by atoms with E-state index in [1.807, 2.05) is 20.9 Å². The van der Waals surface area contributed by atoms with Crippen molar-refractivity contribution in [1.29, 1.82) is 0 Å². The highest BCUT2D eigenvalue weighted by atomic mass is 32.1. The summed E-state index contributed by atoms with van der Waals surface area (Å²) in [6.07, 6.45) is 2.85. The maximum atomic E-state index is 4.63. The van der Waals surface area contributed by atoms with Crippen LogP contribution < -0.4 is 10.6 Å². The van der Waals surface area contributed by atoms with Gasteiger partial charge in [0.15, 0.2) is 0 Å². The molecule has 0 aromatic carbocycles. The van der Waals surface area contributed by atoms with Crippen LogP contribution in [0.3, 0.4) is 0 Å². The molecule has 2 aromatic heterocycles. The van der Waals surface area contributed by atoms with Crippen LogP contribution in [-0.4, -0.2) is 28.5 Å². The molecule has 0 amide bonds. The number of nitrogens with one attached hydrogen (secondary N) is 2. The molecule has 0 aliphatic carbocycles. The highest BCUT2D eigenvalue weighted by molar-refractivity contribution is 7.09. The molecule has 2 heterocycles. The van der Waals surface area contributed by atoms with Gasteiger partial charge in [-0.15, -0.1) is 11.3 Å². The average Bonchev–Trinajstić information content (AvgIpc) is 2.88. The summed E-state index contributed by atoms with van der Waals surface area (Å²) in [5, 5.41) is 9.79. The fourth-order valence-corrected chi connectivity index (χ4v) is 2.79. The lowest BCUT2D eigenvalue weighted by Gasteiger charge is -2.13. The minimum absolute atomic E-state index is 0.829. The molecule has 0 bridgehead atoms. The van der Waals surface area contributed by atoms with Crippen molar-refractivity contribution in [2.45, 2.75) is 40.0 Å². The third-order valence-corrected chi connectivity index (χ3v) is 4.07. The maximum absolute atomic E-state index is 4.63. The van der Waals surface area contributed by atoms with Crippen molar-refractivity contribution < 1.29 is 0 Å². The van der Waals surface area contributed by atoms with E-state index in [0.717, 1.165) is 59.5 Å². The Bertz CT molecular complexity index is 594. The Balaban J connectivity index is 2.05. The second-order valence-electron chi connectivity index (χ2n) is 5.00. The molecule has 5 nitrogen and oxygen atoms in total. The molecule has 114 valence electrons. The van der Waals surface area contributed by atoms with E-state index < -0.39 is 0 Å². The van der Waals surface area contributed by atoms with E-state index in [0.29, 0.717) is 0 Å². The lowest BCUT2D eigenvalue weighted by Crippen LogP contribution is -2.12. The largest absolute Gasteiger partial charge is 0.373 e. The maximum Gasteiger partial charge on any atom is 0.134 e. The molecule has 0 aliphatic heterocycles. The molecule has 2 aromatic rings. The number of hydrogen-bond donors (Lipinski definition) is 2. The summed E-state index contributed by atoms with van der Waals surface area (Å²) in [6, 6.07) is 0. The molecule has 6 heteroatoms. The van der Waals surface area contributed by atoms with Crippen molar-refractivity contribution in [3.63, 3.8) is 0 Å². The summed E-state index contributed by atoms with van der Waals surface area (Å²) in [5.41, 5.74) is 2.20. The summed E-state index contributed by atoms with van der Waals surface area (Å²) >= 11 is 1.69. The Hall–Kier alpha value is -1.69. The zero-order valence-corrected chi connectivity index (χ0v) is 14.0. The van der Waals surface area contributed by atoms with E-state index in [-0.39, 0.29) is 0 Å². The number of nitrogens with zero attached hydrogens (tertiary/aromatic N) is 3. The number of aryl methyl sites for hydroxylation is 2. The van der Waals surface area contributed by atoms with Gasteiger partial charge in [0, 0.05) is 37.4 Å². The van der Waals surface area contributed by atoms with Crippen LogP contribution >= 0.6 is 11.3 Å². The number of rotatable bonds is 7. The van der Waals surface area contributed by atoms with E-state index >= 15 is 0 Å². The predicted octanol–water partition coefficient (Wildman–Crippen LogP) is 3.20. The second-order valence-corrected chi connectivity index (χ2v) is 6.06. The van der Waals surface area contributed by atoms with Gasteiger partial charge in [0.1, 0.15) is 17.5 Å². The molecular formula is C15H23N5S. The normalized spacial score (nSPS) is 10.7. The Morgan fingerprint density at radius 1 is 1.10 bits per heavy atom. The van der Waals surface area contributed by atoms with Crippen molar-refractivity contribution in [3.05, 3.63) is 27.5 Å². The zero-order chi connectivity index (χ0) is 15.2. The van der Waals surface area contributed by atoms with Crippen LogP contribution in [0.2, 0.25) is 0 Å². The average molecular weight is 305 g/mol. The van der Waals surface area contributed by atoms with Gasteiger partial charge in [0.2, 0.25) is 0 Å². The summed E-state index contributed by atoms with van der Waals surface area (Å²) < 4.78 is 0. The van der Waals surface area contributed by atoms with Crippen molar-refractivity contribution in [3.8, 4) is 0 Å². The van der Waals surface area contributed by atoms with Crippen LogP contribution in [0.1, 0.15) is 35.4 Å². The second kappa shape index (κ2) is 7.36. The van der Waals surface area contributed by atoms with E-state index in [2.05, 4.69) is 37.9 Å². The fourth-order valence-electron chi connectivity index (χ4n) is 2.15. The minimum Gasteiger partial charge on any atom is -0.373 e. The van der Waals surface area contributed by atoms with Gasteiger partial charge < -0.3 is 10.6 Å². The van der Waals surface area contributed by atoms with Gasteiger partial charge in [-0.05, 0) is 20.3 Å². The monoisotopic (exact) mass is 305 g/mol. The fraction of sp³-hybridized carbons (Fsp3) is 0.533. The van der Waals surface area contributed by atoms with Gasteiger partial charge in [-0.3, -0.25) is 0 Å². The highest BCUT2D eigenvalue weighted by Crippen LogP contribution is 2.20. The summed E-state index contributed by atoms with van der Waals surface area (Å²) in [5.74, 6) is 2.71. The van der Waals surface area contributed by atoms with Crippen molar-refractivity contribution in [2.75, 3.05) is 24.2 Å². The summed E-state index contributed by atoms with van der Waals surface area (Å²) in [4.78, 5) is 13.6. The molecular weight excluding hydrogens is 282 g/mol. The topological polar surface area (TPSA) is 62.7 Å². The first kappa shape index (κ1) is 15.7. The highest BCUT2D eigenvalue weighted by Gasteiger charge is 2.09. The van der Waals surface area contributed by atoms with Crippen LogP contribution in [-0.2, 0) is 12.8 Å². The Kier molecular flexibility index (Phi) is 5.50. The number of thiazole rings is 1. The molecule has 21 heavy (non-hydrogen) atoms. The first-order valence-corrected chi connectivity index (χ1v) is 8.22. The van der Waals surface area contributed by atoms with Gasteiger partial charge >= 0.3 is 0 Å². The van der Waals surface area contributed by atoms with Crippen molar-refractivity contribution in [1.82, 2.24) is 15.0 Å². The standard InChI is InChI=1S/C15H23N5S/c1-5-6-13-19-14(16-4)10(2)15(20-13)17-8-7-12-9-21-11(3)18-12/h9H,5-8H2,1-4H3,(H2,16,17,19,20). The van der Waals surface area contributed by atoms with E-state index in [9.17, 15) is 0 Å². The molecule has 0 spiro atoms. The smallest absolute Gasteiger partial charge is 0.134 e. The number of hydrogen-bond acceptors (Lipinski definition) is 6. The van der Waals surface area contributed by atoms with Gasteiger partial charge in [-0.1, -0.05) is 6.92 Å². The van der Waals surface area contributed by atoms with Crippen LogP contribution in [0, 0.1) is 13.8 Å². The van der Waals surface area contributed by atoms with Crippen molar-refractivity contribution >= 4 is 23.0 Å². The molecule has 0 atom stereocenters. The molecule has 0 saturated carbocycles. The zero-order valence-electron chi connectivity index (χ0n) is 13.2. The van der Waals surface area contributed by atoms with E-state index in [1.165, 1.54) is 0 Å².